The lowest BCUT2D eigenvalue weighted by molar-refractivity contribution is -0.0646. The lowest BCUT2D eigenvalue weighted by Gasteiger charge is -2.41. The fourth-order valence-electron chi connectivity index (χ4n) is 3.68. The fraction of sp³-hybridized carbons (Fsp3) is 0.733. The highest BCUT2D eigenvalue weighted by molar-refractivity contribution is 7.89. The van der Waals surface area contributed by atoms with E-state index in [9.17, 15) is 23.1 Å². The average Bonchev–Trinajstić information content (AvgIpc) is 2.75. The predicted octanol–water partition coefficient (Wildman–Crippen LogP) is -0.744. The van der Waals surface area contributed by atoms with Crippen LogP contribution in [0.2, 0.25) is 0 Å². The molecule has 2 atom stereocenters. The van der Waals surface area contributed by atoms with Gasteiger partial charge in [-0.3, -0.25) is 9.36 Å². The van der Waals surface area contributed by atoms with E-state index in [1.165, 1.54) is 18.4 Å². The molecule has 0 aromatic carbocycles. The number of rotatable bonds is 3. The Balaban J connectivity index is 2.01. The van der Waals surface area contributed by atoms with E-state index >= 15 is 0 Å². The SMILES string of the molecule is C[C@@H]1CN(S(=O)(=O)c2cn(C)c(=O)n(C)c2=O)C[C@@]1(O)C1CCC1. The summed E-state index contributed by atoms with van der Waals surface area (Å²) in [6.07, 6.45) is 3.91. The zero-order valence-corrected chi connectivity index (χ0v) is 14.9. The molecular formula is C15H23N3O5S. The maximum atomic E-state index is 12.9. The number of aromatic nitrogens is 2. The van der Waals surface area contributed by atoms with E-state index in [-0.39, 0.29) is 24.9 Å². The smallest absolute Gasteiger partial charge is 0.330 e. The molecule has 0 amide bonds. The summed E-state index contributed by atoms with van der Waals surface area (Å²) in [6, 6.07) is 0. The summed E-state index contributed by atoms with van der Waals surface area (Å²) in [5.41, 5.74) is -2.47. The van der Waals surface area contributed by atoms with E-state index in [0.29, 0.717) is 0 Å². The van der Waals surface area contributed by atoms with Crippen molar-refractivity contribution in [3.63, 3.8) is 0 Å². The molecule has 3 rings (SSSR count). The van der Waals surface area contributed by atoms with Crippen LogP contribution in [0.5, 0.6) is 0 Å². The van der Waals surface area contributed by atoms with Crippen LogP contribution in [0.25, 0.3) is 0 Å². The summed E-state index contributed by atoms with van der Waals surface area (Å²) in [5, 5.41) is 10.9. The molecule has 2 aliphatic rings. The zero-order valence-electron chi connectivity index (χ0n) is 14.1. The Morgan fingerprint density at radius 2 is 1.88 bits per heavy atom. The first-order chi connectivity index (χ1) is 11.1. The van der Waals surface area contributed by atoms with Crippen molar-refractivity contribution in [3.8, 4) is 0 Å². The number of nitrogens with zero attached hydrogens (tertiary/aromatic N) is 3. The highest BCUT2D eigenvalue weighted by atomic mass is 32.2. The Kier molecular flexibility index (Phi) is 4.01. The Hall–Kier alpha value is -1.45. The summed E-state index contributed by atoms with van der Waals surface area (Å²) in [5.74, 6) is -0.0929. The van der Waals surface area contributed by atoms with Gasteiger partial charge in [0.05, 0.1) is 5.60 Å². The van der Waals surface area contributed by atoms with Crippen molar-refractivity contribution in [2.75, 3.05) is 13.1 Å². The minimum atomic E-state index is -4.07. The Labute approximate surface area is 140 Å². The molecule has 0 spiro atoms. The number of aliphatic hydroxyl groups is 1. The molecular weight excluding hydrogens is 334 g/mol. The molecule has 2 heterocycles. The van der Waals surface area contributed by atoms with Crippen LogP contribution in [0.1, 0.15) is 26.2 Å². The van der Waals surface area contributed by atoms with Crippen LogP contribution in [0, 0.1) is 11.8 Å². The van der Waals surface area contributed by atoms with E-state index in [0.717, 1.165) is 34.6 Å². The molecule has 8 nitrogen and oxygen atoms in total. The van der Waals surface area contributed by atoms with Crippen molar-refractivity contribution in [1.82, 2.24) is 13.4 Å². The Bertz CT molecular complexity index is 883. The number of β-amino-alcohol motifs (C(OH)–C–C–N with tert-alkyl or cyclic N) is 1. The summed E-state index contributed by atoms with van der Waals surface area (Å²) < 4.78 is 28.9. The van der Waals surface area contributed by atoms with Gasteiger partial charge in [-0.15, -0.1) is 0 Å². The van der Waals surface area contributed by atoms with E-state index in [1.54, 1.807) is 0 Å². The van der Waals surface area contributed by atoms with E-state index < -0.39 is 31.8 Å². The van der Waals surface area contributed by atoms with Crippen molar-refractivity contribution < 1.29 is 13.5 Å². The molecule has 1 aliphatic carbocycles. The summed E-state index contributed by atoms with van der Waals surface area (Å²) in [6.45, 7) is 2.00. The van der Waals surface area contributed by atoms with E-state index in [2.05, 4.69) is 0 Å². The quantitative estimate of drug-likeness (QED) is 0.767. The standard InChI is InChI=1S/C15H23N3O5S/c1-10-7-18(9-15(10,21)11-5-4-6-11)24(22,23)12-8-16(2)14(20)17(3)13(12)19/h8,10-11,21H,4-7,9H2,1-3H3/t10-,15+/m1/s1. The van der Waals surface area contributed by atoms with Crippen LogP contribution >= 0.6 is 0 Å². The van der Waals surface area contributed by atoms with Gasteiger partial charge in [-0.25, -0.2) is 13.2 Å². The Morgan fingerprint density at radius 3 is 2.42 bits per heavy atom. The van der Waals surface area contributed by atoms with Crippen molar-refractivity contribution in [2.24, 2.45) is 25.9 Å². The van der Waals surface area contributed by atoms with Gasteiger partial charge in [0.1, 0.15) is 0 Å². The highest BCUT2D eigenvalue weighted by Gasteiger charge is 2.53. The van der Waals surface area contributed by atoms with Crippen LogP contribution < -0.4 is 11.2 Å². The lowest BCUT2D eigenvalue weighted by atomic mass is 9.69. The number of aryl methyl sites for hydroxylation is 1. The molecule has 2 fully saturated rings. The predicted molar refractivity (Wildman–Crippen MR) is 87.1 cm³/mol. The van der Waals surface area contributed by atoms with Crippen LogP contribution in [0.3, 0.4) is 0 Å². The molecule has 24 heavy (non-hydrogen) atoms. The van der Waals surface area contributed by atoms with Gasteiger partial charge >= 0.3 is 5.69 Å². The molecule has 1 saturated heterocycles. The second-order valence-electron chi connectivity index (χ2n) is 7.07. The number of hydrogen-bond donors (Lipinski definition) is 1. The molecule has 1 aromatic heterocycles. The van der Waals surface area contributed by atoms with Crippen LogP contribution in [-0.2, 0) is 24.1 Å². The monoisotopic (exact) mass is 357 g/mol. The van der Waals surface area contributed by atoms with Gasteiger partial charge in [-0.1, -0.05) is 13.3 Å². The maximum Gasteiger partial charge on any atom is 0.330 e. The molecule has 0 bridgehead atoms. The van der Waals surface area contributed by atoms with Gasteiger partial charge in [0.2, 0.25) is 10.0 Å². The number of sulfonamides is 1. The number of hydrogen-bond acceptors (Lipinski definition) is 5. The molecule has 134 valence electrons. The van der Waals surface area contributed by atoms with Gasteiger partial charge in [0.15, 0.2) is 4.90 Å². The van der Waals surface area contributed by atoms with Gasteiger partial charge in [0, 0.05) is 39.3 Å². The van der Waals surface area contributed by atoms with Crippen LogP contribution in [-0.4, -0.2) is 45.7 Å². The topological polar surface area (TPSA) is 102 Å². The van der Waals surface area contributed by atoms with Crippen LogP contribution in [0.4, 0.5) is 0 Å². The van der Waals surface area contributed by atoms with Crippen molar-refractivity contribution >= 4 is 10.0 Å². The normalized spacial score (nSPS) is 28.9. The Morgan fingerprint density at radius 1 is 1.25 bits per heavy atom. The average molecular weight is 357 g/mol. The van der Waals surface area contributed by atoms with Gasteiger partial charge in [-0.2, -0.15) is 4.31 Å². The largest absolute Gasteiger partial charge is 0.388 e. The van der Waals surface area contributed by atoms with Gasteiger partial charge in [0.25, 0.3) is 5.56 Å². The molecule has 1 N–H and O–H groups in total. The highest BCUT2D eigenvalue weighted by Crippen LogP contribution is 2.45. The first-order valence-corrected chi connectivity index (χ1v) is 9.52. The van der Waals surface area contributed by atoms with Gasteiger partial charge in [-0.05, 0) is 18.8 Å². The second kappa shape index (κ2) is 5.53. The van der Waals surface area contributed by atoms with E-state index in [1.807, 2.05) is 6.92 Å². The first-order valence-electron chi connectivity index (χ1n) is 8.08. The third-order valence-corrected chi connectivity index (χ3v) is 7.40. The maximum absolute atomic E-state index is 12.9. The molecule has 9 heteroatoms. The van der Waals surface area contributed by atoms with Crippen molar-refractivity contribution in [1.29, 1.82) is 0 Å². The summed E-state index contributed by atoms with van der Waals surface area (Å²) in [4.78, 5) is 23.6. The molecule has 1 aromatic rings. The first kappa shape index (κ1) is 17.4. The minimum absolute atomic E-state index is 0.00678. The van der Waals surface area contributed by atoms with Gasteiger partial charge < -0.3 is 9.67 Å². The zero-order chi connectivity index (χ0) is 17.9. The van der Waals surface area contributed by atoms with Crippen molar-refractivity contribution in [3.05, 3.63) is 27.0 Å². The molecule has 1 saturated carbocycles. The molecule has 0 radical (unpaired) electrons. The van der Waals surface area contributed by atoms with E-state index in [4.69, 9.17) is 0 Å². The second-order valence-corrected chi connectivity index (χ2v) is 8.98. The third kappa shape index (κ3) is 2.37. The molecule has 1 aliphatic heterocycles. The minimum Gasteiger partial charge on any atom is -0.388 e. The lowest BCUT2D eigenvalue weighted by Crippen LogP contribution is -2.48. The summed E-state index contributed by atoms with van der Waals surface area (Å²) in [7, 11) is -1.42. The van der Waals surface area contributed by atoms with Crippen LogP contribution in [0.15, 0.2) is 20.7 Å². The summed E-state index contributed by atoms with van der Waals surface area (Å²) >= 11 is 0. The molecule has 0 unspecified atom stereocenters. The fourth-order valence-corrected chi connectivity index (χ4v) is 5.40. The van der Waals surface area contributed by atoms with Crippen molar-refractivity contribution in [2.45, 2.75) is 36.7 Å². The third-order valence-electron chi connectivity index (χ3n) is 5.61.